The van der Waals surface area contributed by atoms with Crippen LogP contribution in [0.4, 0.5) is 0 Å². The molecule has 1 aromatic carbocycles. The number of nitrogens with one attached hydrogen (secondary N) is 3. The van der Waals surface area contributed by atoms with E-state index in [4.69, 9.17) is 4.74 Å². The molecule has 0 bridgehead atoms. The highest BCUT2D eigenvalue weighted by Crippen LogP contribution is 2.30. The summed E-state index contributed by atoms with van der Waals surface area (Å²) in [5, 5.41) is 33.8. The summed E-state index contributed by atoms with van der Waals surface area (Å²) in [5.74, 6) is -2.50. The maximum atomic E-state index is 14.4. The number of aliphatic hydroxyl groups is 2. The second kappa shape index (κ2) is 21.6. The summed E-state index contributed by atoms with van der Waals surface area (Å²) < 4.78 is 5.42. The topological polar surface area (TPSA) is 170 Å². The maximum absolute atomic E-state index is 14.4. The molecule has 4 rings (SSSR count). The minimum Gasteiger partial charge on any atom is -0.391 e. The van der Waals surface area contributed by atoms with E-state index in [9.17, 15) is 29.4 Å². The Kier molecular flexibility index (Phi) is 17.4. The zero-order valence-electron chi connectivity index (χ0n) is 32.6. The molecule has 0 radical (unpaired) electrons. The Balaban J connectivity index is 1.56. The average Bonchev–Trinajstić information content (AvgIpc) is 3.68. The number of nitrogens with zero attached hydrogens (tertiary/aromatic N) is 2. The SMILES string of the molecule is CC[C@H](C)CNC(=O)[C@@H](C[C@H](O)[C@H](CC1CCCCC1)NC(=O)[C@H](Cc1cscn1)NC(=O)C(CC(=O)N1CCOCC1)Cc1ccccc1)C(C)(C)O. The van der Waals surface area contributed by atoms with E-state index in [2.05, 4.69) is 20.9 Å². The average molecular weight is 770 g/mol. The largest absolute Gasteiger partial charge is 0.391 e. The number of carbonyl (C=O) groups excluding carboxylic acids is 4. The molecule has 6 atom stereocenters. The smallest absolute Gasteiger partial charge is 0.243 e. The van der Waals surface area contributed by atoms with Gasteiger partial charge in [0.2, 0.25) is 23.6 Å². The van der Waals surface area contributed by atoms with Gasteiger partial charge in [-0.3, -0.25) is 19.2 Å². The number of amides is 4. The van der Waals surface area contributed by atoms with Crippen molar-refractivity contribution in [3.8, 4) is 0 Å². The first-order valence-corrected chi connectivity index (χ1v) is 20.8. The fourth-order valence-electron chi connectivity index (χ4n) is 7.40. The van der Waals surface area contributed by atoms with Gasteiger partial charge in [0.05, 0.1) is 54.0 Å². The van der Waals surface area contributed by atoms with Crippen molar-refractivity contribution < 1.29 is 34.1 Å². The fourth-order valence-corrected chi connectivity index (χ4v) is 7.97. The Labute approximate surface area is 325 Å². The lowest BCUT2D eigenvalue weighted by Gasteiger charge is -2.35. The Bertz CT molecular complexity index is 1440. The van der Waals surface area contributed by atoms with E-state index in [0.717, 1.165) is 44.1 Å². The van der Waals surface area contributed by atoms with Crippen molar-refractivity contribution in [3.05, 3.63) is 52.5 Å². The van der Waals surface area contributed by atoms with Gasteiger partial charge in [-0.15, -0.1) is 11.3 Å². The molecule has 5 N–H and O–H groups in total. The number of morpholine rings is 1. The van der Waals surface area contributed by atoms with Crippen molar-refractivity contribution >= 4 is 35.0 Å². The lowest BCUT2D eigenvalue weighted by molar-refractivity contribution is -0.140. The molecule has 1 unspecified atom stereocenters. The van der Waals surface area contributed by atoms with Crippen molar-refractivity contribution in [2.24, 2.45) is 23.7 Å². The summed E-state index contributed by atoms with van der Waals surface area (Å²) in [5.41, 5.74) is 1.78. The van der Waals surface area contributed by atoms with Gasteiger partial charge in [0.15, 0.2) is 0 Å². The van der Waals surface area contributed by atoms with Gasteiger partial charge in [-0.2, -0.15) is 0 Å². The van der Waals surface area contributed by atoms with Crippen molar-refractivity contribution in [3.63, 3.8) is 0 Å². The highest BCUT2D eigenvalue weighted by atomic mass is 32.1. The summed E-state index contributed by atoms with van der Waals surface area (Å²) in [4.78, 5) is 61.5. The van der Waals surface area contributed by atoms with Crippen LogP contribution in [0.1, 0.15) is 96.7 Å². The molecule has 1 aromatic heterocycles. The number of thiazole rings is 1. The zero-order chi connectivity index (χ0) is 39.1. The van der Waals surface area contributed by atoms with Crippen LogP contribution in [0.25, 0.3) is 0 Å². The van der Waals surface area contributed by atoms with Crippen LogP contribution in [-0.2, 0) is 36.8 Å². The van der Waals surface area contributed by atoms with Gasteiger partial charge >= 0.3 is 0 Å². The highest BCUT2D eigenvalue weighted by Gasteiger charge is 2.39. The summed E-state index contributed by atoms with van der Waals surface area (Å²) in [7, 11) is 0. The maximum Gasteiger partial charge on any atom is 0.243 e. The molecule has 4 amide bonds. The molecule has 2 heterocycles. The number of aliphatic hydroxyl groups excluding tert-OH is 1. The molecular formula is C41H63N5O7S. The summed E-state index contributed by atoms with van der Waals surface area (Å²) in [6, 6.07) is 7.74. The van der Waals surface area contributed by atoms with Crippen molar-refractivity contribution in [2.75, 3.05) is 32.8 Å². The third-order valence-corrected chi connectivity index (χ3v) is 11.7. The van der Waals surface area contributed by atoms with E-state index in [0.29, 0.717) is 51.4 Å². The van der Waals surface area contributed by atoms with Crippen LogP contribution in [0, 0.1) is 23.7 Å². The first-order valence-electron chi connectivity index (χ1n) is 19.9. The second-order valence-electron chi connectivity index (χ2n) is 16.0. The lowest BCUT2D eigenvalue weighted by atomic mass is 9.80. The number of carbonyl (C=O) groups is 4. The number of rotatable bonds is 20. The van der Waals surface area contributed by atoms with E-state index >= 15 is 0 Å². The van der Waals surface area contributed by atoms with Crippen LogP contribution in [0.5, 0.6) is 0 Å². The number of ether oxygens (including phenoxy) is 1. The molecule has 1 saturated heterocycles. The van der Waals surface area contributed by atoms with Gasteiger partial charge < -0.3 is 35.8 Å². The lowest BCUT2D eigenvalue weighted by Crippen LogP contribution is -2.56. The van der Waals surface area contributed by atoms with Crippen LogP contribution in [0.2, 0.25) is 0 Å². The molecular weight excluding hydrogens is 707 g/mol. The minimum absolute atomic E-state index is 0.0216. The Morgan fingerprint density at radius 2 is 1.70 bits per heavy atom. The molecule has 2 aromatic rings. The molecule has 1 saturated carbocycles. The normalized spacial score (nSPS) is 18.8. The summed E-state index contributed by atoms with van der Waals surface area (Å²) in [6.45, 7) is 9.50. The van der Waals surface area contributed by atoms with Gasteiger partial charge in [0, 0.05) is 37.9 Å². The fraction of sp³-hybridized carbons (Fsp3) is 0.683. The first-order chi connectivity index (χ1) is 25.8. The molecule has 1 aliphatic carbocycles. The van der Waals surface area contributed by atoms with Crippen LogP contribution in [0.15, 0.2) is 41.2 Å². The van der Waals surface area contributed by atoms with E-state index in [-0.39, 0.29) is 42.9 Å². The molecule has 1 aliphatic heterocycles. The van der Waals surface area contributed by atoms with Gasteiger partial charge in [0.25, 0.3) is 0 Å². The number of hydrogen-bond donors (Lipinski definition) is 5. The van der Waals surface area contributed by atoms with Crippen molar-refractivity contribution in [2.45, 2.75) is 122 Å². The number of benzene rings is 1. The Hall–Kier alpha value is -3.39. The number of aromatic nitrogens is 1. The van der Waals surface area contributed by atoms with Crippen molar-refractivity contribution in [1.82, 2.24) is 25.8 Å². The van der Waals surface area contributed by atoms with Gasteiger partial charge in [-0.25, -0.2) is 4.98 Å². The predicted molar refractivity (Wildman–Crippen MR) is 209 cm³/mol. The molecule has 0 spiro atoms. The summed E-state index contributed by atoms with van der Waals surface area (Å²) >= 11 is 1.39. The molecule has 300 valence electrons. The van der Waals surface area contributed by atoms with E-state index < -0.39 is 47.4 Å². The minimum atomic E-state index is -1.42. The van der Waals surface area contributed by atoms with Gasteiger partial charge in [-0.05, 0) is 50.5 Å². The highest BCUT2D eigenvalue weighted by molar-refractivity contribution is 7.07. The van der Waals surface area contributed by atoms with Crippen LogP contribution >= 0.6 is 11.3 Å². The molecule has 12 nitrogen and oxygen atoms in total. The first kappa shape index (κ1) is 43.3. The molecule has 2 fully saturated rings. The quantitative estimate of drug-likeness (QED) is 0.135. The predicted octanol–water partition coefficient (Wildman–Crippen LogP) is 4.03. The Morgan fingerprint density at radius 3 is 2.33 bits per heavy atom. The van der Waals surface area contributed by atoms with Crippen molar-refractivity contribution in [1.29, 1.82) is 0 Å². The summed E-state index contributed by atoms with van der Waals surface area (Å²) in [6.07, 6.45) is 5.83. The second-order valence-corrected chi connectivity index (χ2v) is 16.7. The molecule has 2 aliphatic rings. The standard InChI is InChI=1S/C41H63N5O7S/c1-5-28(2)25-42-39(50)33(41(3,4)52)24-36(47)34(21-30-14-10-7-11-15-30)44-40(51)35(23-32-26-54-27-43-32)45-38(49)31(20-29-12-8-6-9-13-29)22-37(48)46-16-18-53-19-17-46/h6,8-9,12-13,26-28,30-31,33-36,47,52H,5,7,10-11,14-25H2,1-4H3,(H,42,50)(H,44,51)(H,45,49)/t28-,31?,33+,34-,35-,36-/m0/s1. The third-order valence-electron chi connectivity index (χ3n) is 11.1. The van der Waals surface area contributed by atoms with E-state index in [1.54, 1.807) is 24.3 Å². The zero-order valence-corrected chi connectivity index (χ0v) is 33.5. The van der Waals surface area contributed by atoms with Crippen LogP contribution in [-0.4, -0.2) is 100 Å². The van der Waals surface area contributed by atoms with Crippen LogP contribution < -0.4 is 16.0 Å². The number of hydrogen-bond acceptors (Lipinski definition) is 9. The van der Waals surface area contributed by atoms with E-state index in [1.807, 2.05) is 49.6 Å². The monoisotopic (exact) mass is 769 g/mol. The molecule has 13 heteroatoms. The van der Waals surface area contributed by atoms with E-state index in [1.165, 1.54) is 11.3 Å². The molecule has 54 heavy (non-hydrogen) atoms. The van der Waals surface area contributed by atoms with Gasteiger partial charge in [-0.1, -0.05) is 82.7 Å². The third kappa shape index (κ3) is 14.0. The Morgan fingerprint density at radius 1 is 1.00 bits per heavy atom. The van der Waals surface area contributed by atoms with Gasteiger partial charge in [0.1, 0.15) is 6.04 Å². The van der Waals surface area contributed by atoms with Crippen LogP contribution in [0.3, 0.4) is 0 Å².